The zero-order valence-corrected chi connectivity index (χ0v) is 11.5. The summed E-state index contributed by atoms with van der Waals surface area (Å²) in [4.78, 5) is 4.45. The van der Waals surface area contributed by atoms with Gasteiger partial charge < -0.3 is 5.32 Å². The summed E-state index contributed by atoms with van der Waals surface area (Å²) in [5.41, 5.74) is 0.250. The predicted molar refractivity (Wildman–Crippen MR) is 71.7 cm³/mol. The Morgan fingerprint density at radius 1 is 1.21 bits per heavy atom. The molecular formula is C13H18N6. The quantitative estimate of drug-likeness (QED) is 0.897. The molecule has 0 aromatic carbocycles. The van der Waals surface area contributed by atoms with Gasteiger partial charge in [0.25, 0.3) is 0 Å². The Labute approximate surface area is 112 Å². The molecule has 0 spiro atoms. The summed E-state index contributed by atoms with van der Waals surface area (Å²) in [6, 6.07) is 3.93. The third kappa shape index (κ3) is 2.22. The van der Waals surface area contributed by atoms with Gasteiger partial charge in [-0.1, -0.05) is 0 Å². The zero-order chi connectivity index (χ0) is 13.5. The van der Waals surface area contributed by atoms with Crippen molar-refractivity contribution in [2.24, 2.45) is 26.6 Å². The van der Waals surface area contributed by atoms with Gasteiger partial charge in [-0.2, -0.15) is 0 Å². The molecule has 1 saturated carbocycles. The topological polar surface area (TPSA) is 74.4 Å². The van der Waals surface area contributed by atoms with Gasteiger partial charge in [-0.25, -0.2) is 4.98 Å². The Bertz CT molecular complexity index is 526. The second-order valence-electron chi connectivity index (χ2n) is 6.15. The fourth-order valence-electron chi connectivity index (χ4n) is 2.33. The van der Waals surface area contributed by atoms with E-state index in [1.165, 1.54) is 0 Å². The first-order chi connectivity index (χ1) is 9.01. The fourth-order valence-corrected chi connectivity index (χ4v) is 2.33. The van der Waals surface area contributed by atoms with E-state index in [0.717, 1.165) is 24.2 Å². The molecule has 0 amide bonds. The fraction of sp³-hybridized carbons (Fsp3) is 0.615. The van der Waals surface area contributed by atoms with E-state index < -0.39 is 5.66 Å². The van der Waals surface area contributed by atoms with Gasteiger partial charge in [-0.05, 0) is 56.2 Å². The highest BCUT2D eigenvalue weighted by Crippen LogP contribution is 2.52. The summed E-state index contributed by atoms with van der Waals surface area (Å²) in [5.74, 6) is 1.22. The maximum Gasteiger partial charge on any atom is 0.226 e. The van der Waals surface area contributed by atoms with Crippen LogP contribution >= 0.6 is 0 Å². The molecule has 3 rings (SSSR count). The molecule has 1 aromatic rings. The highest BCUT2D eigenvalue weighted by atomic mass is 15.6. The molecule has 1 aromatic heterocycles. The Morgan fingerprint density at radius 2 is 1.89 bits per heavy atom. The minimum atomic E-state index is -0.651. The lowest BCUT2D eigenvalue weighted by atomic mass is 9.95. The molecule has 2 heterocycles. The Hall–Kier alpha value is -1.85. The molecule has 1 fully saturated rings. The van der Waals surface area contributed by atoms with Gasteiger partial charge in [0.1, 0.15) is 5.82 Å². The summed E-state index contributed by atoms with van der Waals surface area (Å²) < 4.78 is 0. The lowest BCUT2D eigenvalue weighted by Crippen LogP contribution is -2.30. The second-order valence-corrected chi connectivity index (χ2v) is 6.15. The number of hydrogen-bond acceptors (Lipinski definition) is 6. The van der Waals surface area contributed by atoms with Gasteiger partial charge in [0, 0.05) is 23.2 Å². The van der Waals surface area contributed by atoms with Crippen LogP contribution in [0, 0.1) is 5.92 Å². The average molecular weight is 258 g/mol. The van der Waals surface area contributed by atoms with E-state index in [-0.39, 0.29) is 5.54 Å². The Balaban J connectivity index is 2.04. The third-order valence-electron chi connectivity index (χ3n) is 3.28. The van der Waals surface area contributed by atoms with Crippen molar-refractivity contribution in [1.82, 2.24) is 4.98 Å². The van der Waals surface area contributed by atoms with Crippen LogP contribution in [0.2, 0.25) is 0 Å². The number of aromatic nitrogens is 1. The first-order valence-corrected chi connectivity index (χ1v) is 6.59. The highest BCUT2D eigenvalue weighted by molar-refractivity contribution is 5.50. The zero-order valence-electron chi connectivity index (χ0n) is 11.5. The normalized spacial score (nSPS) is 20.8. The molecule has 0 unspecified atom stereocenters. The molecule has 0 radical (unpaired) electrons. The van der Waals surface area contributed by atoms with Crippen LogP contribution in [0.25, 0.3) is 0 Å². The van der Waals surface area contributed by atoms with E-state index in [9.17, 15) is 0 Å². The summed E-state index contributed by atoms with van der Waals surface area (Å²) in [5, 5.41) is 19.5. The van der Waals surface area contributed by atoms with Gasteiger partial charge in [-0.15, -0.1) is 10.2 Å². The molecule has 1 N–H and O–H groups in total. The van der Waals surface area contributed by atoms with Crippen LogP contribution in [0.1, 0.15) is 39.2 Å². The average Bonchev–Trinajstić information content (AvgIpc) is 3.08. The largest absolute Gasteiger partial charge is 0.365 e. The van der Waals surface area contributed by atoms with Crippen molar-refractivity contribution in [2.45, 2.75) is 44.8 Å². The van der Waals surface area contributed by atoms with Crippen LogP contribution in [0.3, 0.4) is 0 Å². The summed E-state index contributed by atoms with van der Waals surface area (Å²) in [6.45, 7) is 6.31. The van der Waals surface area contributed by atoms with Crippen molar-refractivity contribution < 1.29 is 0 Å². The van der Waals surface area contributed by atoms with Crippen LogP contribution in [-0.2, 0) is 5.66 Å². The van der Waals surface area contributed by atoms with Crippen LogP contribution < -0.4 is 5.32 Å². The molecule has 6 heteroatoms. The van der Waals surface area contributed by atoms with E-state index in [1.807, 2.05) is 12.1 Å². The maximum atomic E-state index is 4.45. The molecule has 1 aliphatic carbocycles. The predicted octanol–water partition coefficient (Wildman–Crippen LogP) is 3.69. The number of pyridine rings is 1. The van der Waals surface area contributed by atoms with Gasteiger partial charge in [0.05, 0.1) is 0 Å². The molecule has 1 aliphatic heterocycles. The summed E-state index contributed by atoms with van der Waals surface area (Å²) in [6.07, 6.45) is 4.01. The van der Waals surface area contributed by atoms with Crippen molar-refractivity contribution in [3.05, 3.63) is 23.9 Å². The lowest BCUT2D eigenvalue weighted by molar-refractivity contribution is 0.400. The van der Waals surface area contributed by atoms with E-state index in [1.54, 1.807) is 6.20 Å². The number of hydrogen-bond donors (Lipinski definition) is 1. The lowest BCUT2D eigenvalue weighted by Gasteiger charge is -2.27. The van der Waals surface area contributed by atoms with Gasteiger partial charge >= 0.3 is 0 Å². The minimum Gasteiger partial charge on any atom is -0.365 e. The van der Waals surface area contributed by atoms with Crippen LogP contribution in [-0.4, -0.2) is 10.5 Å². The van der Waals surface area contributed by atoms with Gasteiger partial charge in [-0.3, -0.25) is 0 Å². The molecule has 6 nitrogen and oxygen atoms in total. The SMILES string of the molecule is CC(C)(C)Nc1ncccc1C1(C2CC2)N=NN=N1. The molecule has 0 saturated heterocycles. The molecular weight excluding hydrogens is 240 g/mol. The first-order valence-electron chi connectivity index (χ1n) is 6.59. The third-order valence-corrected chi connectivity index (χ3v) is 3.28. The Kier molecular flexibility index (Phi) is 2.62. The number of nitrogens with zero attached hydrogens (tertiary/aromatic N) is 5. The van der Waals surface area contributed by atoms with Crippen molar-refractivity contribution in [3.8, 4) is 0 Å². The van der Waals surface area contributed by atoms with Crippen molar-refractivity contribution in [1.29, 1.82) is 0 Å². The van der Waals surface area contributed by atoms with E-state index in [2.05, 4.69) is 51.7 Å². The van der Waals surface area contributed by atoms with Crippen LogP contribution in [0.15, 0.2) is 39.0 Å². The highest BCUT2D eigenvalue weighted by Gasteiger charge is 2.51. The maximum absolute atomic E-state index is 4.45. The van der Waals surface area contributed by atoms with Crippen LogP contribution in [0.4, 0.5) is 5.82 Å². The van der Waals surface area contributed by atoms with Crippen molar-refractivity contribution >= 4 is 5.82 Å². The molecule has 19 heavy (non-hydrogen) atoms. The summed E-state index contributed by atoms with van der Waals surface area (Å²) in [7, 11) is 0. The molecule has 2 aliphatic rings. The van der Waals surface area contributed by atoms with E-state index >= 15 is 0 Å². The van der Waals surface area contributed by atoms with E-state index in [0.29, 0.717) is 5.92 Å². The number of anilines is 1. The smallest absolute Gasteiger partial charge is 0.226 e. The Morgan fingerprint density at radius 3 is 2.47 bits per heavy atom. The van der Waals surface area contributed by atoms with Crippen molar-refractivity contribution in [3.63, 3.8) is 0 Å². The monoisotopic (exact) mass is 258 g/mol. The molecule has 100 valence electrons. The second kappa shape index (κ2) is 4.08. The van der Waals surface area contributed by atoms with Crippen molar-refractivity contribution in [2.75, 3.05) is 5.32 Å². The number of rotatable bonds is 3. The standard InChI is InChI=1S/C13H18N6/c1-12(2,3)15-11-10(5-4-8-14-11)13(9-6-7-9)16-18-19-17-13/h4-5,8-9H,6-7H2,1-3H3,(H,14,15). The molecule has 0 atom stereocenters. The molecule has 0 bridgehead atoms. The van der Waals surface area contributed by atoms with Gasteiger partial charge in [0.2, 0.25) is 5.66 Å². The minimum absolute atomic E-state index is 0.0687. The van der Waals surface area contributed by atoms with Crippen LogP contribution in [0.5, 0.6) is 0 Å². The van der Waals surface area contributed by atoms with Gasteiger partial charge in [0.15, 0.2) is 0 Å². The number of nitrogens with one attached hydrogen (secondary N) is 1. The first kappa shape index (κ1) is 12.2. The van der Waals surface area contributed by atoms with E-state index in [4.69, 9.17) is 0 Å². The summed E-state index contributed by atoms with van der Waals surface area (Å²) >= 11 is 0.